The maximum atomic E-state index is 12.2. The molecular formula is C12H16N4O3S. The van der Waals surface area contributed by atoms with Gasteiger partial charge in [-0.05, 0) is 6.07 Å². The third-order valence-corrected chi connectivity index (χ3v) is 4.17. The van der Waals surface area contributed by atoms with Crippen LogP contribution in [0.15, 0.2) is 35.4 Å². The second kappa shape index (κ2) is 5.51. The van der Waals surface area contributed by atoms with E-state index in [1.165, 1.54) is 18.0 Å². The van der Waals surface area contributed by atoms with E-state index in [0.29, 0.717) is 5.75 Å². The van der Waals surface area contributed by atoms with Gasteiger partial charge >= 0.3 is 0 Å². The molecule has 3 N–H and O–H groups in total. The Bertz CT molecular complexity index is 709. The minimum Gasteiger partial charge on any atom is -0.496 e. The first-order chi connectivity index (χ1) is 9.44. The average molecular weight is 296 g/mol. The van der Waals surface area contributed by atoms with Crippen molar-refractivity contribution >= 4 is 15.8 Å². The zero-order valence-electron chi connectivity index (χ0n) is 11.2. The number of sulfonamides is 1. The quantitative estimate of drug-likeness (QED) is 0.836. The van der Waals surface area contributed by atoms with E-state index < -0.39 is 10.0 Å². The number of hydrogen-bond acceptors (Lipinski definition) is 5. The fourth-order valence-corrected chi connectivity index (χ4v) is 2.90. The molecule has 0 fully saturated rings. The molecule has 0 amide bonds. The van der Waals surface area contributed by atoms with Crippen LogP contribution in [0, 0.1) is 0 Å². The van der Waals surface area contributed by atoms with E-state index >= 15 is 0 Å². The lowest BCUT2D eigenvalue weighted by Crippen LogP contribution is -2.24. The second-order valence-corrected chi connectivity index (χ2v) is 5.92. The van der Waals surface area contributed by atoms with Gasteiger partial charge < -0.3 is 10.5 Å². The largest absolute Gasteiger partial charge is 0.496 e. The van der Waals surface area contributed by atoms with Gasteiger partial charge in [0.2, 0.25) is 10.0 Å². The molecule has 1 aromatic carbocycles. The number of methoxy groups -OCH3 is 1. The van der Waals surface area contributed by atoms with E-state index in [1.807, 2.05) is 12.1 Å². The van der Waals surface area contributed by atoms with Crippen molar-refractivity contribution in [3.8, 4) is 5.75 Å². The number of para-hydroxylation sites is 1. The molecule has 7 nitrogen and oxygen atoms in total. The Morgan fingerprint density at radius 1 is 1.40 bits per heavy atom. The van der Waals surface area contributed by atoms with Crippen molar-refractivity contribution in [2.24, 2.45) is 7.05 Å². The molecule has 1 aromatic heterocycles. The fraction of sp³-hybridized carbons (Fsp3) is 0.250. The van der Waals surface area contributed by atoms with Crippen LogP contribution in [0.3, 0.4) is 0 Å². The molecule has 2 rings (SSSR count). The Balaban J connectivity index is 2.20. The number of aryl methyl sites for hydroxylation is 1. The molecule has 108 valence electrons. The predicted molar refractivity (Wildman–Crippen MR) is 74.6 cm³/mol. The van der Waals surface area contributed by atoms with E-state index in [4.69, 9.17) is 10.5 Å². The van der Waals surface area contributed by atoms with Gasteiger partial charge in [0.15, 0.2) is 5.82 Å². The minimum absolute atomic E-state index is 0.0278. The number of nitrogens with two attached hydrogens (primary N) is 1. The van der Waals surface area contributed by atoms with Gasteiger partial charge in [-0.15, -0.1) is 0 Å². The van der Waals surface area contributed by atoms with Crippen LogP contribution >= 0.6 is 0 Å². The molecule has 0 bridgehead atoms. The SMILES string of the molecule is COc1ccccc1CNS(=O)(=O)c1cn(C)nc1N. The van der Waals surface area contributed by atoms with E-state index in [0.717, 1.165) is 5.56 Å². The number of nitrogens with zero attached hydrogens (tertiary/aromatic N) is 2. The molecule has 0 aliphatic heterocycles. The Morgan fingerprint density at radius 3 is 2.70 bits per heavy atom. The topological polar surface area (TPSA) is 99.2 Å². The first-order valence-corrected chi connectivity index (χ1v) is 7.33. The van der Waals surface area contributed by atoms with E-state index in [-0.39, 0.29) is 17.3 Å². The maximum absolute atomic E-state index is 12.2. The Kier molecular flexibility index (Phi) is 3.96. The van der Waals surface area contributed by atoms with Crippen LogP contribution in [0.4, 0.5) is 5.82 Å². The average Bonchev–Trinajstić information content (AvgIpc) is 2.76. The van der Waals surface area contributed by atoms with Crippen molar-refractivity contribution in [3.63, 3.8) is 0 Å². The maximum Gasteiger partial charge on any atom is 0.246 e. The number of nitrogen functional groups attached to an aromatic ring is 1. The molecule has 8 heteroatoms. The monoisotopic (exact) mass is 296 g/mol. The highest BCUT2D eigenvalue weighted by molar-refractivity contribution is 7.89. The summed E-state index contributed by atoms with van der Waals surface area (Å²) in [5.41, 5.74) is 6.31. The molecule has 0 unspecified atom stereocenters. The third-order valence-electron chi connectivity index (χ3n) is 2.76. The van der Waals surface area contributed by atoms with Crippen molar-refractivity contribution in [2.75, 3.05) is 12.8 Å². The lowest BCUT2D eigenvalue weighted by molar-refractivity contribution is 0.409. The van der Waals surface area contributed by atoms with Gasteiger partial charge in [-0.3, -0.25) is 4.68 Å². The van der Waals surface area contributed by atoms with Crippen molar-refractivity contribution in [1.82, 2.24) is 14.5 Å². The van der Waals surface area contributed by atoms with Crippen LogP contribution in [-0.4, -0.2) is 25.3 Å². The molecule has 0 saturated carbocycles. The van der Waals surface area contributed by atoms with Crippen LogP contribution in [0.25, 0.3) is 0 Å². The van der Waals surface area contributed by atoms with E-state index in [1.54, 1.807) is 19.2 Å². The summed E-state index contributed by atoms with van der Waals surface area (Å²) in [6.45, 7) is 0.112. The van der Waals surface area contributed by atoms with Crippen molar-refractivity contribution < 1.29 is 13.2 Å². The molecule has 20 heavy (non-hydrogen) atoms. The molecule has 0 aliphatic rings. The van der Waals surface area contributed by atoms with Crippen molar-refractivity contribution in [1.29, 1.82) is 0 Å². The molecule has 2 aromatic rings. The molecule has 1 heterocycles. The van der Waals surface area contributed by atoms with Crippen LogP contribution in [-0.2, 0) is 23.6 Å². The molecule has 0 atom stereocenters. The smallest absolute Gasteiger partial charge is 0.246 e. The summed E-state index contributed by atoms with van der Waals surface area (Å²) in [6, 6.07) is 7.18. The van der Waals surface area contributed by atoms with Gasteiger partial charge in [0.05, 0.1) is 7.11 Å². The molecule has 0 saturated heterocycles. The zero-order valence-corrected chi connectivity index (χ0v) is 12.0. The number of benzene rings is 1. The van der Waals surface area contributed by atoms with E-state index in [9.17, 15) is 8.42 Å². The normalized spacial score (nSPS) is 11.5. The number of hydrogen-bond donors (Lipinski definition) is 2. The van der Waals surface area contributed by atoms with E-state index in [2.05, 4.69) is 9.82 Å². The summed E-state index contributed by atoms with van der Waals surface area (Å²) in [7, 11) is -0.566. The minimum atomic E-state index is -3.71. The molecule has 0 aliphatic carbocycles. The van der Waals surface area contributed by atoms with Gasteiger partial charge in [0, 0.05) is 25.4 Å². The summed E-state index contributed by atoms with van der Waals surface area (Å²) in [4.78, 5) is -0.0325. The van der Waals surface area contributed by atoms with Gasteiger partial charge in [-0.25, -0.2) is 13.1 Å². The third kappa shape index (κ3) is 2.91. The fourth-order valence-electron chi connectivity index (χ4n) is 1.79. The Labute approximate surface area is 117 Å². The first-order valence-electron chi connectivity index (χ1n) is 5.84. The highest BCUT2D eigenvalue weighted by Crippen LogP contribution is 2.19. The summed E-state index contributed by atoms with van der Waals surface area (Å²) in [5, 5.41) is 3.82. The lowest BCUT2D eigenvalue weighted by atomic mass is 10.2. The number of anilines is 1. The van der Waals surface area contributed by atoms with Gasteiger partial charge in [-0.1, -0.05) is 18.2 Å². The van der Waals surface area contributed by atoms with Crippen LogP contribution in [0.5, 0.6) is 5.75 Å². The summed E-state index contributed by atoms with van der Waals surface area (Å²) >= 11 is 0. The molecule has 0 spiro atoms. The van der Waals surface area contributed by atoms with Gasteiger partial charge in [0.25, 0.3) is 0 Å². The van der Waals surface area contributed by atoms with Crippen molar-refractivity contribution in [2.45, 2.75) is 11.4 Å². The highest BCUT2D eigenvalue weighted by Gasteiger charge is 2.20. The first kappa shape index (κ1) is 14.4. The van der Waals surface area contributed by atoms with Crippen LogP contribution in [0.1, 0.15) is 5.56 Å². The standard InChI is InChI=1S/C12H16N4O3S/c1-16-8-11(12(13)15-16)20(17,18)14-7-9-5-3-4-6-10(9)19-2/h3-6,8,14H,7H2,1-2H3,(H2,13,15). The number of ether oxygens (including phenoxy) is 1. The summed E-state index contributed by atoms with van der Waals surface area (Å²) in [6.07, 6.45) is 1.36. The molecule has 0 radical (unpaired) electrons. The second-order valence-electron chi connectivity index (χ2n) is 4.19. The molecular weight excluding hydrogens is 280 g/mol. The predicted octanol–water partition coefficient (Wildman–Crippen LogP) is 0.489. The highest BCUT2D eigenvalue weighted by atomic mass is 32.2. The Morgan fingerprint density at radius 2 is 2.10 bits per heavy atom. The van der Waals surface area contributed by atoms with Gasteiger partial charge in [-0.2, -0.15) is 5.10 Å². The number of nitrogens with one attached hydrogen (secondary N) is 1. The van der Waals surface area contributed by atoms with Crippen LogP contribution in [0.2, 0.25) is 0 Å². The van der Waals surface area contributed by atoms with Crippen LogP contribution < -0.4 is 15.2 Å². The lowest BCUT2D eigenvalue weighted by Gasteiger charge is -2.09. The summed E-state index contributed by atoms with van der Waals surface area (Å²) in [5.74, 6) is 0.592. The zero-order chi connectivity index (χ0) is 14.8. The Hall–Kier alpha value is -2.06. The van der Waals surface area contributed by atoms with Crippen molar-refractivity contribution in [3.05, 3.63) is 36.0 Å². The van der Waals surface area contributed by atoms with Gasteiger partial charge in [0.1, 0.15) is 10.6 Å². The summed E-state index contributed by atoms with van der Waals surface area (Å²) < 4.78 is 33.3. The number of aromatic nitrogens is 2. The number of rotatable bonds is 5.